The molecule has 0 aliphatic carbocycles. The summed E-state index contributed by atoms with van der Waals surface area (Å²) in [6.07, 6.45) is 0.125. The van der Waals surface area contributed by atoms with E-state index in [1.807, 2.05) is 30.3 Å². The third kappa shape index (κ3) is 4.47. The van der Waals surface area contributed by atoms with E-state index in [4.69, 9.17) is 11.6 Å². The molecule has 0 radical (unpaired) electrons. The number of halogens is 1. The van der Waals surface area contributed by atoms with Gasteiger partial charge in [-0.25, -0.2) is 12.7 Å². The van der Waals surface area contributed by atoms with E-state index < -0.39 is 21.8 Å². The first-order valence-corrected chi connectivity index (χ1v) is 11.4. The van der Waals surface area contributed by atoms with Gasteiger partial charge in [-0.3, -0.25) is 9.59 Å². The number of sulfonamides is 1. The summed E-state index contributed by atoms with van der Waals surface area (Å²) in [5.41, 5.74) is 1.62. The van der Waals surface area contributed by atoms with Crippen molar-refractivity contribution in [2.24, 2.45) is 0 Å². The summed E-state index contributed by atoms with van der Waals surface area (Å²) in [6.45, 7) is 0.0758. The highest BCUT2D eigenvalue weighted by molar-refractivity contribution is 7.89. The van der Waals surface area contributed by atoms with Crippen molar-refractivity contribution in [1.82, 2.24) is 4.31 Å². The number of hydrogen-bond acceptors (Lipinski definition) is 4. The summed E-state index contributed by atoms with van der Waals surface area (Å²) in [7, 11) is -4.08. The van der Waals surface area contributed by atoms with Gasteiger partial charge < -0.3 is 5.32 Å². The molecule has 158 valence electrons. The standard InChI is InChI=1S/C23H19ClN2O4S/c24-19-9-11-20(12-10-19)25-23(28)17-7-4-8-21(13-17)31(29,30)26-15-18(14-22(26)27)16-5-2-1-3-6-16/h1-13,18H,14-15H2,(H,25,28)/t18-/m1/s1. The van der Waals surface area contributed by atoms with Gasteiger partial charge in [0.05, 0.1) is 4.90 Å². The Labute approximate surface area is 185 Å². The average molecular weight is 455 g/mol. The van der Waals surface area contributed by atoms with Crippen molar-refractivity contribution >= 4 is 39.1 Å². The minimum Gasteiger partial charge on any atom is -0.322 e. The average Bonchev–Trinajstić information content (AvgIpc) is 3.18. The Kier molecular flexibility index (Phi) is 5.80. The number of amides is 2. The second-order valence-corrected chi connectivity index (χ2v) is 9.53. The van der Waals surface area contributed by atoms with Crippen molar-refractivity contribution in [3.63, 3.8) is 0 Å². The second kappa shape index (κ2) is 8.53. The van der Waals surface area contributed by atoms with Gasteiger partial charge in [0, 0.05) is 35.2 Å². The molecule has 0 bridgehead atoms. The van der Waals surface area contributed by atoms with Crippen LogP contribution < -0.4 is 5.32 Å². The molecule has 1 N–H and O–H groups in total. The van der Waals surface area contributed by atoms with Gasteiger partial charge in [0.25, 0.3) is 15.9 Å². The molecule has 0 unspecified atom stereocenters. The summed E-state index contributed by atoms with van der Waals surface area (Å²) in [5, 5.41) is 3.24. The van der Waals surface area contributed by atoms with Crippen LogP contribution in [0.4, 0.5) is 5.69 Å². The van der Waals surface area contributed by atoms with E-state index in [9.17, 15) is 18.0 Å². The number of nitrogens with one attached hydrogen (secondary N) is 1. The number of rotatable bonds is 5. The lowest BCUT2D eigenvalue weighted by atomic mass is 9.99. The molecule has 1 fully saturated rings. The van der Waals surface area contributed by atoms with Crippen LogP contribution >= 0.6 is 11.6 Å². The first-order chi connectivity index (χ1) is 14.8. The molecule has 1 aliphatic rings. The predicted molar refractivity (Wildman–Crippen MR) is 119 cm³/mol. The van der Waals surface area contributed by atoms with Gasteiger partial charge in [-0.2, -0.15) is 0 Å². The minimum atomic E-state index is -4.08. The first kappa shape index (κ1) is 21.1. The number of anilines is 1. The molecule has 1 aliphatic heterocycles. The zero-order valence-electron chi connectivity index (χ0n) is 16.4. The molecule has 1 atom stereocenters. The van der Waals surface area contributed by atoms with E-state index in [1.165, 1.54) is 24.3 Å². The molecule has 6 nitrogen and oxygen atoms in total. The fourth-order valence-electron chi connectivity index (χ4n) is 3.52. The molecule has 0 spiro atoms. The second-order valence-electron chi connectivity index (χ2n) is 7.23. The molecular weight excluding hydrogens is 436 g/mol. The SMILES string of the molecule is O=C(Nc1ccc(Cl)cc1)c1cccc(S(=O)(=O)N2C[C@H](c3ccccc3)CC2=O)c1. The zero-order valence-corrected chi connectivity index (χ0v) is 17.9. The fraction of sp³-hybridized carbons (Fsp3) is 0.130. The van der Waals surface area contributed by atoms with Crippen molar-refractivity contribution in [2.45, 2.75) is 17.2 Å². The van der Waals surface area contributed by atoms with Crippen molar-refractivity contribution in [2.75, 3.05) is 11.9 Å². The maximum absolute atomic E-state index is 13.2. The van der Waals surface area contributed by atoms with Crippen LogP contribution in [0.2, 0.25) is 5.02 Å². The Morgan fingerprint density at radius 1 is 0.968 bits per heavy atom. The lowest BCUT2D eigenvalue weighted by Gasteiger charge is -2.18. The van der Waals surface area contributed by atoms with Crippen LogP contribution in [0.15, 0.2) is 83.8 Å². The molecule has 0 saturated carbocycles. The van der Waals surface area contributed by atoms with Crippen molar-refractivity contribution in [3.05, 3.63) is 95.0 Å². The molecule has 3 aromatic rings. The number of carbonyl (C=O) groups excluding carboxylic acids is 2. The van der Waals surface area contributed by atoms with Gasteiger partial charge in [-0.05, 0) is 48.0 Å². The van der Waals surface area contributed by atoms with Crippen LogP contribution in [0.1, 0.15) is 28.3 Å². The summed E-state index contributed by atoms with van der Waals surface area (Å²) in [5.74, 6) is -1.11. The number of carbonyl (C=O) groups is 2. The highest BCUT2D eigenvalue weighted by Gasteiger charge is 2.39. The van der Waals surface area contributed by atoms with Crippen LogP contribution in [-0.2, 0) is 14.8 Å². The lowest BCUT2D eigenvalue weighted by molar-refractivity contribution is -0.123. The predicted octanol–water partition coefficient (Wildman–Crippen LogP) is 4.30. The fourth-order valence-corrected chi connectivity index (χ4v) is 5.15. The third-order valence-corrected chi connectivity index (χ3v) is 7.18. The van der Waals surface area contributed by atoms with Crippen LogP contribution in [0, 0.1) is 0 Å². The van der Waals surface area contributed by atoms with E-state index in [0.717, 1.165) is 9.87 Å². The maximum Gasteiger partial charge on any atom is 0.266 e. The summed E-state index contributed by atoms with van der Waals surface area (Å²) >= 11 is 5.85. The molecule has 1 heterocycles. The van der Waals surface area contributed by atoms with Gasteiger partial charge in [0.15, 0.2) is 0 Å². The monoisotopic (exact) mass is 454 g/mol. The highest BCUT2D eigenvalue weighted by atomic mass is 35.5. The Hall–Kier alpha value is -3.16. The van der Waals surface area contributed by atoms with Crippen LogP contribution in [0.5, 0.6) is 0 Å². The van der Waals surface area contributed by atoms with E-state index >= 15 is 0 Å². The molecular formula is C23H19ClN2O4S. The van der Waals surface area contributed by atoms with E-state index in [2.05, 4.69) is 5.32 Å². The van der Waals surface area contributed by atoms with E-state index in [-0.39, 0.29) is 29.3 Å². The molecule has 4 rings (SSSR count). The normalized spacial score (nSPS) is 16.4. The number of benzene rings is 3. The molecule has 8 heteroatoms. The lowest BCUT2D eigenvalue weighted by Crippen LogP contribution is -2.32. The number of hydrogen-bond donors (Lipinski definition) is 1. The summed E-state index contributed by atoms with van der Waals surface area (Å²) in [4.78, 5) is 25.0. The molecule has 2 amide bonds. The van der Waals surface area contributed by atoms with Gasteiger partial charge in [-0.1, -0.05) is 48.0 Å². The maximum atomic E-state index is 13.2. The van der Waals surface area contributed by atoms with Crippen molar-refractivity contribution < 1.29 is 18.0 Å². The van der Waals surface area contributed by atoms with Crippen LogP contribution in [0.3, 0.4) is 0 Å². The van der Waals surface area contributed by atoms with Crippen LogP contribution in [-0.4, -0.2) is 31.1 Å². The Balaban J connectivity index is 1.55. The molecule has 0 aromatic heterocycles. The highest BCUT2D eigenvalue weighted by Crippen LogP contribution is 2.32. The van der Waals surface area contributed by atoms with Crippen molar-refractivity contribution in [3.8, 4) is 0 Å². The van der Waals surface area contributed by atoms with E-state index in [0.29, 0.717) is 10.7 Å². The van der Waals surface area contributed by atoms with Crippen molar-refractivity contribution in [1.29, 1.82) is 0 Å². The Morgan fingerprint density at radius 2 is 1.68 bits per heavy atom. The summed E-state index contributed by atoms with van der Waals surface area (Å²) in [6, 6.07) is 21.6. The van der Waals surface area contributed by atoms with E-state index in [1.54, 1.807) is 24.3 Å². The largest absolute Gasteiger partial charge is 0.322 e. The number of nitrogens with zero attached hydrogens (tertiary/aromatic N) is 1. The Morgan fingerprint density at radius 3 is 2.39 bits per heavy atom. The topological polar surface area (TPSA) is 83.6 Å². The van der Waals surface area contributed by atoms with Gasteiger partial charge in [-0.15, -0.1) is 0 Å². The smallest absolute Gasteiger partial charge is 0.266 e. The Bertz CT molecular complexity index is 1230. The van der Waals surface area contributed by atoms with Gasteiger partial charge in [0.1, 0.15) is 0 Å². The molecule has 3 aromatic carbocycles. The van der Waals surface area contributed by atoms with Crippen LogP contribution in [0.25, 0.3) is 0 Å². The zero-order chi connectivity index (χ0) is 22.0. The summed E-state index contributed by atoms with van der Waals surface area (Å²) < 4.78 is 27.2. The first-order valence-electron chi connectivity index (χ1n) is 9.62. The van der Waals surface area contributed by atoms with Gasteiger partial charge >= 0.3 is 0 Å². The third-order valence-electron chi connectivity index (χ3n) is 5.14. The van der Waals surface area contributed by atoms with Gasteiger partial charge in [0.2, 0.25) is 5.91 Å². The minimum absolute atomic E-state index is 0.0758. The molecule has 31 heavy (non-hydrogen) atoms. The quantitative estimate of drug-likeness (QED) is 0.623. The molecule has 1 saturated heterocycles.